The van der Waals surface area contributed by atoms with Crippen LogP contribution in [0.2, 0.25) is 5.02 Å². The minimum atomic E-state index is -4.70. The van der Waals surface area contributed by atoms with E-state index in [1.807, 2.05) is 0 Å². The molecule has 0 saturated heterocycles. The van der Waals surface area contributed by atoms with E-state index < -0.39 is 26.9 Å². The van der Waals surface area contributed by atoms with Gasteiger partial charge in [-0.25, -0.2) is 23.2 Å². The molecule has 2 aromatic heterocycles. The number of rotatable bonds is 3. The van der Waals surface area contributed by atoms with Gasteiger partial charge in [-0.3, -0.25) is 0 Å². The molecule has 0 radical (unpaired) electrons. The lowest BCUT2D eigenvalue weighted by Crippen LogP contribution is -2.14. The van der Waals surface area contributed by atoms with Gasteiger partial charge in [0.05, 0.1) is 22.6 Å². The highest BCUT2D eigenvalue weighted by Gasteiger charge is 2.35. The van der Waals surface area contributed by atoms with E-state index in [4.69, 9.17) is 23.2 Å². The SMILES string of the molecule is C#Cc1ccc(-c2cc(C(F)(F)F)nn2-c2ccc(S(N)(=O)=O)nc2)cc1Cl. The quantitative estimate of drug-likeness (QED) is 0.651. The lowest BCUT2D eigenvalue weighted by atomic mass is 10.1. The summed E-state index contributed by atoms with van der Waals surface area (Å²) < 4.78 is 63.2. The van der Waals surface area contributed by atoms with Crippen LogP contribution in [0.25, 0.3) is 16.9 Å². The number of alkyl halides is 3. The third-order valence-corrected chi connectivity index (χ3v) is 4.81. The fourth-order valence-corrected chi connectivity index (χ4v) is 3.07. The van der Waals surface area contributed by atoms with Crippen molar-refractivity contribution in [1.29, 1.82) is 0 Å². The molecule has 0 unspecified atom stereocenters. The highest BCUT2D eigenvalue weighted by molar-refractivity contribution is 7.89. The highest BCUT2D eigenvalue weighted by atomic mass is 35.5. The van der Waals surface area contributed by atoms with Crippen molar-refractivity contribution in [2.75, 3.05) is 0 Å². The molecule has 0 saturated carbocycles. The second kappa shape index (κ2) is 6.94. The fourth-order valence-electron chi connectivity index (χ4n) is 2.38. The van der Waals surface area contributed by atoms with Crippen LogP contribution in [0.5, 0.6) is 0 Å². The molecule has 0 atom stereocenters. The number of primary sulfonamides is 1. The van der Waals surface area contributed by atoms with Crippen LogP contribution in [0, 0.1) is 12.3 Å². The third kappa shape index (κ3) is 3.87. The molecule has 2 N–H and O–H groups in total. The Bertz CT molecular complexity index is 1200. The maximum absolute atomic E-state index is 13.2. The van der Waals surface area contributed by atoms with Gasteiger partial charge in [-0.15, -0.1) is 6.42 Å². The van der Waals surface area contributed by atoms with Gasteiger partial charge in [0.15, 0.2) is 10.7 Å². The molecule has 144 valence electrons. The topological polar surface area (TPSA) is 90.9 Å². The number of aromatic nitrogens is 3. The number of sulfonamides is 1. The van der Waals surface area contributed by atoms with Crippen LogP contribution in [-0.4, -0.2) is 23.2 Å². The molecule has 3 rings (SSSR count). The standard InChI is InChI=1S/C17H10ClF3N4O2S/c1-2-10-3-4-11(7-13(10)18)14-8-15(17(19,20)21)24-25(14)12-5-6-16(23-9-12)28(22,26)27/h1,3-9H,(H2,22,26,27). The predicted octanol–water partition coefficient (Wildman–Crippen LogP) is 3.24. The Labute approximate surface area is 162 Å². The zero-order chi connectivity index (χ0) is 20.7. The first-order valence-corrected chi connectivity index (χ1v) is 9.36. The van der Waals surface area contributed by atoms with Gasteiger partial charge in [0, 0.05) is 11.1 Å². The maximum Gasteiger partial charge on any atom is 0.435 e. The largest absolute Gasteiger partial charge is 0.435 e. The Morgan fingerprint density at radius 3 is 2.39 bits per heavy atom. The second-order valence-electron chi connectivity index (χ2n) is 5.56. The molecule has 0 aliphatic carbocycles. The normalized spacial score (nSPS) is 12.0. The lowest BCUT2D eigenvalue weighted by Gasteiger charge is -2.09. The zero-order valence-electron chi connectivity index (χ0n) is 13.8. The van der Waals surface area contributed by atoms with Gasteiger partial charge in [0.25, 0.3) is 10.0 Å². The smallest absolute Gasteiger partial charge is 0.241 e. The molecule has 0 bridgehead atoms. The molecular formula is C17H10ClF3N4O2S. The van der Waals surface area contributed by atoms with Crippen LogP contribution in [0.3, 0.4) is 0 Å². The molecule has 6 nitrogen and oxygen atoms in total. The number of benzene rings is 1. The van der Waals surface area contributed by atoms with E-state index in [2.05, 4.69) is 16.0 Å². The van der Waals surface area contributed by atoms with Crippen LogP contribution in [0.4, 0.5) is 13.2 Å². The minimum Gasteiger partial charge on any atom is -0.241 e. The fraction of sp³-hybridized carbons (Fsp3) is 0.0588. The van der Waals surface area contributed by atoms with Crippen molar-refractivity contribution in [3.8, 4) is 29.3 Å². The Morgan fingerprint density at radius 2 is 1.89 bits per heavy atom. The van der Waals surface area contributed by atoms with Crippen LogP contribution < -0.4 is 5.14 Å². The Morgan fingerprint density at radius 1 is 1.18 bits per heavy atom. The molecule has 0 aliphatic heterocycles. The summed E-state index contributed by atoms with van der Waals surface area (Å²) in [6, 6.07) is 7.55. The third-order valence-electron chi connectivity index (χ3n) is 3.68. The summed E-state index contributed by atoms with van der Waals surface area (Å²) in [5.74, 6) is 2.36. The van der Waals surface area contributed by atoms with E-state index in [1.165, 1.54) is 24.3 Å². The number of pyridine rings is 1. The van der Waals surface area contributed by atoms with Crippen molar-refractivity contribution >= 4 is 21.6 Å². The van der Waals surface area contributed by atoms with Gasteiger partial charge < -0.3 is 0 Å². The number of nitrogens with two attached hydrogens (primary N) is 1. The van der Waals surface area contributed by atoms with Gasteiger partial charge in [-0.1, -0.05) is 23.6 Å². The first-order valence-electron chi connectivity index (χ1n) is 7.44. The van der Waals surface area contributed by atoms with E-state index in [0.29, 0.717) is 11.1 Å². The van der Waals surface area contributed by atoms with Crippen molar-refractivity contribution in [2.24, 2.45) is 5.14 Å². The Balaban J connectivity index is 2.19. The molecule has 0 aliphatic rings. The summed E-state index contributed by atoms with van der Waals surface area (Å²) in [6.45, 7) is 0. The molecule has 28 heavy (non-hydrogen) atoms. The summed E-state index contributed by atoms with van der Waals surface area (Å²) in [5, 5.41) is 8.32. The maximum atomic E-state index is 13.2. The average Bonchev–Trinajstić information content (AvgIpc) is 3.07. The summed E-state index contributed by atoms with van der Waals surface area (Å²) in [5.41, 5.74) is -0.289. The summed E-state index contributed by atoms with van der Waals surface area (Å²) in [6.07, 6.45) is 1.65. The van der Waals surface area contributed by atoms with E-state index in [-0.39, 0.29) is 16.4 Å². The first-order chi connectivity index (χ1) is 13.0. The van der Waals surface area contributed by atoms with Crippen molar-refractivity contribution in [2.45, 2.75) is 11.2 Å². The number of hydrogen-bond acceptors (Lipinski definition) is 4. The number of hydrogen-bond donors (Lipinski definition) is 1. The Hall–Kier alpha value is -2.87. The minimum absolute atomic E-state index is 0.0583. The second-order valence-corrected chi connectivity index (χ2v) is 7.48. The zero-order valence-corrected chi connectivity index (χ0v) is 15.3. The van der Waals surface area contributed by atoms with Gasteiger partial charge in [0.2, 0.25) is 0 Å². The van der Waals surface area contributed by atoms with Gasteiger partial charge in [-0.05, 0) is 30.3 Å². The van der Waals surface area contributed by atoms with Gasteiger partial charge >= 0.3 is 6.18 Å². The van der Waals surface area contributed by atoms with Crippen LogP contribution in [0.15, 0.2) is 47.6 Å². The highest BCUT2D eigenvalue weighted by Crippen LogP contribution is 2.34. The van der Waals surface area contributed by atoms with Crippen LogP contribution in [0.1, 0.15) is 11.3 Å². The number of halogens is 4. The molecule has 0 spiro atoms. The van der Waals surface area contributed by atoms with Crippen molar-refractivity contribution in [3.05, 3.63) is 58.9 Å². The van der Waals surface area contributed by atoms with Crippen molar-refractivity contribution in [3.63, 3.8) is 0 Å². The van der Waals surface area contributed by atoms with Crippen molar-refractivity contribution in [1.82, 2.24) is 14.8 Å². The predicted molar refractivity (Wildman–Crippen MR) is 96.1 cm³/mol. The van der Waals surface area contributed by atoms with E-state index in [0.717, 1.165) is 23.0 Å². The number of terminal acetylenes is 1. The molecule has 3 aromatic rings. The van der Waals surface area contributed by atoms with Crippen LogP contribution >= 0.6 is 11.6 Å². The van der Waals surface area contributed by atoms with Gasteiger partial charge in [-0.2, -0.15) is 18.3 Å². The summed E-state index contributed by atoms with van der Waals surface area (Å²) in [7, 11) is -4.05. The average molecular weight is 427 g/mol. The Kier molecular flexibility index (Phi) is 4.93. The van der Waals surface area contributed by atoms with E-state index in [9.17, 15) is 21.6 Å². The van der Waals surface area contributed by atoms with Crippen LogP contribution in [-0.2, 0) is 16.2 Å². The molecule has 1 aromatic carbocycles. The van der Waals surface area contributed by atoms with Gasteiger partial charge in [0.1, 0.15) is 0 Å². The molecular weight excluding hydrogens is 417 g/mol. The monoisotopic (exact) mass is 426 g/mol. The number of nitrogens with zero attached hydrogens (tertiary/aromatic N) is 3. The molecule has 0 amide bonds. The summed E-state index contributed by atoms with van der Waals surface area (Å²) in [4.78, 5) is 3.67. The van der Waals surface area contributed by atoms with E-state index >= 15 is 0 Å². The lowest BCUT2D eigenvalue weighted by molar-refractivity contribution is -0.141. The molecule has 11 heteroatoms. The molecule has 0 fully saturated rings. The first kappa shape index (κ1) is 19.9. The summed E-state index contributed by atoms with van der Waals surface area (Å²) >= 11 is 6.06. The van der Waals surface area contributed by atoms with Crippen molar-refractivity contribution < 1.29 is 21.6 Å². The van der Waals surface area contributed by atoms with E-state index in [1.54, 1.807) is 0 Å². The molecule has 2 heterocycles.